The molecule has 0 aliphatic carbocycles. The molecule has 0 spiro atoms. The number of nitrogens with one attached hydrogen (secondary N) is 4. The summed E-state index contributed by atoms with van der Waals surface area (Å²) in [6.07, 6.45) is 20.7. The zero-order chi connectivity index (χ0) is 17.6. The molecule has 0 aromatic rings. The molecule has 3 saturated heterocycles. The van der Waals surface area contributed by atoms with Crippen LogP contribution in [0.1, 0.15) is 57.8 Å². The highest BCUT2D eigenvalue weighted by Crippen LogP contribution is 2.31. The van der Waals surface area contributed by atoms with E-state index in [-0.39, 0.29) is 0 Å². The van der Waals surface area contributed by atoms with Crippen molar-refractivity contribution in [2.45, 2.75) is 82.0 Å². The van der Waals surface area contributed by atoms with E-state index in [1.165, 1.54) is 70.9 Å². The summed E-state index contributed by atoms with van der Waals surface area (Å²) in [6.45, 7) is 3.49. The molecule has 4 nitrogen and oxygen atoms in total. The molecule has 0 radical (unpaired) electrons. The molecule has 4 aliphatic heterocycles. The van der Waals surface area contributed by atoms with Gasteiger partial charge in [-0.25, -0.2) is 0 Å². The Kier molecular flexibility index (Phi) is 6.47. The van der Waals surface area contributed by atoms with E-state index in [9.17, 15) is 0 Å². The van der Waals surface area contributed by atoms with E-state index in [1.54, 1.807) is 11.1 Å². The fourth-order valence-corrected chi connectivity index (χ4v) is 5.23. The molecule has 0 bridgehead atoms. The van der Waals surface area contributed by atoms with E-state index in [4.69, 9.17) is 0 Å². The third-order valence-electron chi connectivity index (χ3n) is 6.51. The zero-order valence-electron chi connectivity index (χ0n) is 16.1. The van der Waals surface area contributed by atoms with Gasteiger partial charge >= 0.3 is 0 Å². The summed E-state index contributed by atoms with van der Waals surface area (Å²) >= 11 is 0. The molecule has 0 aromatic heterocycles. The summed E-state index contributed by atoms with van der Waals surface area (Å²) in [6, 6.07) is 1.93. The highest BCUT2D eigenvalue weighted by molar-refractivity contribution is 5.38. The average molecular weight is 357 g/mol. The number of allylic oxidation sites excluding steroid dienone is 2. The molecule has 4 unspecified atom stereocenters. The molecule has 3 fully saturated rings. The molecule has 0 saturated carbocycles. The Labute approximate surface area is 159 Å². The lowest BCUT2D eigenvalue weighted by Gasteiger charge is -2.40. The standard InChI is InChI=1S/C22H36N4/c1-5-13-23-17(9-1)21(18-10-2-6-14-24-18)22(19-11-3-7-15-25-19)20-12-4-8-16-26-20/h1,5,9,13,17-20,23-26H,2-4,6-8,10-12,14-16H2. The molecule has 4 N–H and O–H groups in total. The number of rotatable bonds is 4. The highest BCUT2D eigenvalue weighted by atomic mass is 15.0. The van der Waals surface area contributed by atoms with E-state index < -0.39 is 0 Å². The Hall–Kier alpha value is -1.10. The molecular weight excluding hydrogens is 320 g/mol. The van der Waals surface area contributed by atoms with Gasteiger partial charge in [-0.2, -0.15) is 0 Å². The second kappa shape index (κ2) is 9.20. The lowest BCUT2D eigenvalue weighted by molar-refractivity contribution is 0.356. The smallest absolute Gasteiger partial charge is 0.0674 e. The van der Waals surface area contributed by atoms with Crippen LogP contribution < -0.4 is 21.3 Å². The number of hydrogen-bond acceptors (Lipinski definition) is 4. The molecule has 26 heavy (non-hydrogen) atoms. The Morgan fingerprint density at radius 1 is 0.615 bits per heavy atom. The van der Waals surface area contributed by atoms with Crippen molar-refractivity contribution in [3.8, 4) is 0 Å². The quantitative estimate of drug-likeness (QED) is 0.585. The van der Waals surface area contributed by atoms with Crippen molar-refractivity contribution in [1.29, 1.82) is 0 Å². The summed E-state index contributed by atoms with van der Waals surface area (Å²) in [4.78, 5) is 0. The van der Waals surface area contributed by atoms with Gasteiger partial charge in [-0.1, -0.05) is 31.4 Å². The first-order chi connectivity index (χ1) is 12.9. The van der Waals surface area contributed by atoms with Crippen molar-refractivity contribution in [3.63, 3.8) is 0 Å². The van der Waals surface area contributed by atoms with Crippen molar-refractivity contribution in [2.24, 2.45) is 0 Å². The van der Waals surface area contributed by atoms with Crippen LogP contribution in [-0.4, -0.2) is 43.8 Å². The van der Waals surface area contributed by atoms with Crippen molar-refractivity contribution >= 4 is 0 Å². The number of dihydropyridines is 1. The minimum Gasteiger partial charge on any atom is -0.381 e. The summed E-state index contributed by atoms with van der Waals surface area (Å²) < 4.78 is 0. The van der Waals surface area contributed by atoms with E-state index >= 15 is 0 Å². The third-order valence-corrected chi connectivity index (χ3v) is 6.51. The van der Waals surface area contributed by atoms with Crippen LogP contribution in [0.4, 0.5) is 0 Å². The van der Waals surface area contributed by atoms with E-state index in [1.807, 2.05) is 0 Å². The van der Waals surface area contributed by atoms with Gasteiger partial charge < -0.3 is 21.3 Å². The van der Waals surface area contributed by atoms with Gasteiger partial charge in [-0.3, -0.25) is 0 Å². The van der Waals surface area contributed by atoms with Gasteiger partial charge in [-0.15, -0.1) is 0 Å². The van der Waals surface area contributed by atoms with Gasteiger partial charge in [0.25, 0.3) is 0 Å². The van der Waals surface area contributed by atoms with Crippen LogP contribution in [0.3, 0.4) is 0 Å². The maximum absolute atomic E-state index is 3.88. The Morgan fingerprint density at radius 3 is 1.58 bits per heavy atom. The van der Waals surface area contributed by atoms with Gasteiger partial charge in [0.2, 0.25) is 0 Å². The van der Waals surface area contributed by atoms with Crippen molar-refractivity contribution < 1.29 is 0 Å². The second-order valence-electron chi connectivity index (χ2n) is 8.31. The van der Waals surface area contributed by atoms with Crippen LogP contribution >= 0.6 is 0 Å². The van der Waals surface area contributed by atoms with Gasteiger partial charge in [0.05, 0.1) is 6.04 Å². The largest absolute Gasteiger partial charge is 0.381 e. The van der Waals surface area contributed by atoms with E-state index in [0.29, 0.717) is 24.2 Å². The van der Waals surface area contributed by atoms with E-state index in [0.717, 1.165) is 6.54 Å². The zero-order valence-corrected chi connectivity index (χ0v) is 16.1. The van der Waals surface area contributed by atoms with Crippen molar-refractivity contribution in [2.75, 3.05) is 19.6 Å². The van der Waals surface area contributed by atoms with Gasteiger partial charge in [-0.05, 0) is 81.6 Å². The number of hydrogen-bond donors (Lipinski definition) is 4. The van der Waals surface area contributed by atoms with Crippen LogP contribution in [0.2, 0.25) is 0 Å². The Balaban J connectivity index is 1.73. The predicted octanol–water partition coefficient (Wildman–Crippen LogP) is 2.75. The molecule has 0 aromatic carbocycles. The normalized spacial score (nSPS) is 34.9. The van der Waals surface area contributed by atoms with Crippen LogP contribution in [0.25, 0.3) is 0 Å². The predicted molar refractivity (Wildman–Crippen MR) is 109 cm³/mol. The molecular formula is C22H36N4. The lowest BCUT2D eigenvalue weighted by atomic mass is 9.78. The second-order valence-corrected chi connectivity index (χ2v) is 8.31. The molecule has 4 rings (SSSR count). The first-order valence-electron chi connectivity index (χ1n) is 11.0. The molecule has 4 aliphatic rings. The minimum atomic E-state index is 0.332. The molecule has 4 heterocycles. The summed E-state index contributed by atoms with van der Waals surface area (Å²) in [5.74, 6) is 0. The summed E-state index contributed by atoms with van der Waals surface area (Å²) in [5, 5.41) is 15.3. The molecule has 4 heteroatoms. The number of piperidine rings is 3. The third kappa shape index (κ3) is 4.24. The monoisotopic (exact) mass is 356 g/mol. The van der Waals surface area contributed by atoms with Crippen molar-refractivity contribution in [3.05, 3.63) is 35.6 Å². The Morgan fingerprint density at radius 2 is 1.15 bits per heavy atom. The maximum atomic E-state index is 3.88. The topological polar surface area (TPSA) is 48.1 Å². The first kappa shape index (κ1) is 18.3. The highest BCUT2D eigenvalue weighted by Gasteiger charge is 2.34. The lowest BCUT2D eigenvalue weighted by Crippen LogP contribution is -2.51. The molecule has 4 atom stereocenters. The summed E-state index contributed by atoms with van der Waals surface area (Å²) in [5.41, 5.74) is 3.31. The van der Waals surface area contributed by atoms with Crippen LogP contribution in [-0.2, 0) is 0 Å². The van der Waals surface area contributed by atoms with E-state index in [2.05, 4.69) is 45.7 Å². The van der Waals surface area contributed by atoms with Crippen LogP contribution in [0, 0.1) is 0 Å². The van der Waals surface area contributed by atoms with Gasteiger partial charge in [0, 0.05) is 18.1 Å². The van der Waals surface area contributed by atoms with Crippen molar-refractivity contribution in [1.82, 2.24) is 21.3 Å². The van der Waals surface area contributed by atoms with Gasteiger partial charge in [0.1, 0.15) is 0 Å². The maximum Gasteiger partial charge on any atom is 0.0674 e. The minimum absolute atomic E-state index is 0.332. The fraction of sp³-hybridized carbons (Fsp3) is 0.727. The fourth-order valence-electron chi connectivity index (χ4n) is 5.23. The Bertz CT molecular complexity index is 512. The average Bonchev–Trinajstić information content (AvgIpc) is 2.74. The molecule has 144 valence electrons. The SMILES string of the molecule is C1=CNC(C(=C(C2CCCCN2)C2CCCCN2)C2CCCCN2)C=C1. The summed E-state index contributed by atoms with van der Waals surface area (Å²) in [7, 11) is 0. The van der Waals surface area contributed by atoms with Crippen LogP contribution in [0.5, 0.6) is 0 Å². The van der Waals surface area contributed by atoms with Gasteiger partial charge in [0.15, 0.2) is 0 Å². The first-order valence-corrected chi connectivity index (χ1v) is 11.0. The van der Waals surface area contributed by atoms with Crippen LogP contribution in [0.15, 0.2) is 35.6 Å². The molecule has 0 amide bonds.